The molecule has 3 N–H and O–H groups in total. The van der Waals surface area contributed by atoms with E-state index in [1.54, 1.807) is 37.2 Å². The Morgan fingerprint density at radius 2 is 2.00 bits per heavy atom. The lowest BCUT2D eigenvalue weighted by atomic mass is 10.0. The molecule has 0 saturated heterocycles. The van der Waals surface area contributed by atoms with Crippen molar-refractivity contribution in [3.63, 3.8) is 0 Å². The van der Waals surface area contributed by atoms with Crippen LogP contribution in [0.25, 0.3) is 21.3 Å². The molecule has 0 aliphatic carbocycles. The number of thiophene rings is 1. The van der Waals surface area contributed by atoms with Gasteiger partial charge >= 0.3 is 0 Å². The summed E-state index contributed by atoms with van der Waals surface area (Å²) in [4.78, 5) is 29.1. The number of nitrogens with zero attached hydrogens (tertiary/aromatic N) is 5. The van der Waals surface area contributed by atoms with Gasteiger partial charge in [-0.2, -0.15) is 10.2 Å². The number of rotatable bonds is 6. The van der Waals surface area contributed by atoms with Gasteiger partial charge in [-0.3, -0.25) is 19.0 Å². The highest BCUT2D eigenvalue weighted by Gasteiger charge is 2.26. The lowest BCUT2D eigenvalue weighted by molar-refractivity contribution is -0.116. The smallest absolute Gasteiger partial charge is 0.280 e. The van der Waals surface area contributed by atoms with Crippen LogP contribution in [-0.2, 0) is 18.4 Å². The minimum atomic E-state index is -2.82. The van der Waals surface area contributed by atoms with Crippen molar-refractivity contribution in [1.29, 1.82) is 0 Å². The van der Waals surface area contributed by atoms with E-state index in [9.17, 15) is 18.4 Å². The second-order valence-electron chi connectivity index (χ2n) is 7.31. The van der Waals surface area contributed by atoms with Crippen molar-refractivity contribution in [2.45, 2.75) is 26.8 Å². The largest absolute Gasteiger partial charge is 0.365 e. The Morgan fingerprint density at radius 1 is 1.25 bits per heavy atom. The third-order valence-corrected chi connectivity index (χ3v) is 5.86. The molecular formula is C20H19F2N7O2S. The van der Waals surface area contributed by atoms with Gasteiger partial charge in [0.1, 0.15) is 21.9 Å². The number of halogens is 2. The van der Waals surface area contributed by atoms with E-state index in [4.69, 9.17) is 5.73 Å². The molecule has 0 atom stereocenters. The zero-order valence-corrected chi connectivity index (χ0v) is 18.2. The van der Waals surface area contributed by atoms with Crippen molar-refractivity contribution in [3.05, 3.63) is 46.5 Å². The number of hydrogen-bond acceptors (Lipinski definition) is 6. The molecule has 0 saturated carbocycles. The average Bonchev–Trinajstić information content (AvgIpc) is 3.38. The molecule has 0 bridgehead atoms. The number of primary amides is 1. The molecule has 0 unspecified atom stereocenters. The lowest BCUT2D eigenvalue weighted by Gasteiger charge is -2.10. The number of alkyl halides is 2. The Kier molecular flexibility index (Phi) is 5.46. The van der Waals surface area contributed by atoms with Gasteiger partial charge in [0, 0.05) is 30.4 Å². The first kappa shape index (κ1) is 21.6. The molecule has 166 valence electrons. The zero-order chi connectivity index (χ0) is 23.2. The van der Waals surface area contributed by atoms with E-state index >= 15 is 0 Å². The summed E-state index contributed by atoms with van der Waals surface area (Å²) in [6.07, 6.45) is 2.16. The summed E-state index contributed by atoms with van der Waals surface area (Å²) >= 11 is 0.854. The molecule has 0 radical (unpaired) electrons. The van der Waals surface area contributed by atoms with Crippen molar-refractivity contribution in [1.82, 2.24) is 24.5 Å². The SMILES string of the molecule is Cc1cnn(CC(=O)Nc2c(C(N)=O)sc3nc(C(F)F)cc(-c4cn(C)nc4C)c23)c1. The summed E-state index contributed by atoms with van der Waals surface area (Å²) in [6, 6.07) is 1.25. The number of anilines is 1. The molecule has 0 aliphatic rings. The fourth-order valence-corrected chi connectivity index (χ4v) is 4.49. The highest BCUT2D eigenvalue weighted by atomic mass is 32.1. The Labute approximate surface area is 184 Å². The summed E-state index contributed by atoms with van der Waals surface area (Å²) in [5.74, 6) is -1.26. The number of aromatic nitrogens is 5. The minimum absolute atomic E-state index is 0.0201. The second kappa shape index (κ2) is 8.11. The number of hydrogen-bond donors (Lipinski definition) is 2. The van der Waals surface area contributed by atoms with Gasteiger partial charge in [0.2, 0.25) is 5.91 Å². The molecule has 12 heteroatoms. The molecule has 9 nitrogen and oxygen atoms in total. The number of carbonyl (C=O) groups is 2. The highest BCUT2D eigenvalue weighted by Crippen LogP contribution is 2.43. The monoisotopic (exact) mass is 459 g/mol. The first-order valence-electron chi connectivity index (χ1n) is 9.49. The van der Waals surface area contributed by atoms with Crippen molar-refractivity contribution in [3.8, 4) is 11.1 Å². The molecule has 2 amide bonds. The van der Waals surface area contributed by atoms with E-state index in [0.29, 0.717) is 22.2 Å². The molecule has 4 aromatic heterocycles. The summed E-state index contributed by atoms with van der Waals surface area (Å²) < 4.78 is 30.1. The van der Waals surface area contributed by atoms with Crippen LogP contribution in [0.2, 0.25) is 0 Å². The van der Waals surface area contributed by atoms with Gasteiger partial charge in [0.15, 0.2) is 0 Å². The molecule has 0 aliphatic heterocycles. The summed E-state index contributed by atoms with van der Waals surface area (Å²) in [5.41, 5.74) is 7.67. The van der Waals surface area contributed by atoms with Crippen molar-refractivity contribution >= 4 is 39.1 Å². The van der Waals surface area contributed by atoms with E-state index in [0.717, 1.165) is 16.9 Å². The van der Waals surface area contributed by atoms with E-state index in [1.807, 2.05) is 6.92 Å². The van der Waals surface area contributed by atoms with Gasteiger partial charge in [0.25, 0.3) is 12.3 Å². The fraction of sp³-hybridized carbons (Fsp3) is 0.250. The third kappa shape index (κ3) is 3.96. The summed E-state index contributed by atoms with van der Waals surface area (Å²) in [5, 5.41) is 11.4. The van der Waals surface area contributed by atoms with Crippen LogP contribution in [-0.4, -0.2) is 36.4 Å². The van der Waals surface area contributed by atoms with Crippen LogP contribution < -0.4 is 11.1 Å². The van der Waals surface area contributed by atoms with Gasteiger partial charge in [-0.15, -0.1) is 11.3 Å². The number of fused-ring (bicyclic) bond motifs is 1. The maximum Gasteiger partial charge on any atom is 0.280 e. The number of nitrogens with one attached hydrogen (secondary N) is 1. The molecule has 4 rings (SSSR count). The first-order chi connectivity index (χ1) is 15.1. The Hall–Kier alpha value is -3.67. The van der Waals surface area contributed by atoms with E-state index in [2.05, 4.69) is 20.5 Å². The first-order valence-corrected chi connectivity index (χ1v) is 10.3. The predicted molar refractivity (Wildman–Crippen MR) is 116 cm³/mol. The van der Waals surface area contributed by atoms with Crippen LogP contribution in [0.3, 0.4) is 0 Å². The lowest BCUT2D eigenvalue weighted by Crippen LogP contribution is -2.21. The quantitative estimate of drug-likeness (QED) is 0.459. The van der Waals surface area contributed by atoms with Crippen molar-refractivity contribution in [2.24, 2.45) is 12.8 Å². The predicted octanol–water partition coefficient (Wildman–Crippen LogP) is 3.19. The van der Waals surface area contributed by atoms with Crippen LogP contribution in [0.5, 0.6) is 0 Å². The van der Waals surface area contributed by atoms with Crippen LogP contribution in [0, 0.1) is 13.8 Å². The zero-order valence-electron chi connectivity index (χ0n) is 17.4. The van der Waals surface area contributed by atoms with Gasteiger partial charge in [-0.1, -0.05) is 0 Å². The van der Waals surface area contributed by atoms with Gasteiger partial charge in [-0.25, -0.2) is 13.8 Å². The molecule has 0 fully saturated rings. The van der Waals surface area contributed by atoms with Gasteiger partial charge in [0.05, 0.1) is 17.6 Å². The maximum absolute atomic E-state index is 13.6. The molecule has 0 aromatic carbocycles. The van der Waals surface area contributed by atoms with E-state index in [-0.39, 0.29) is 21.9 Å². The third-order valence-electron chi connectivity index (χ3n) is 4.77. The molecule has 4 heterocycles. The standard InChI is InChI=1S/C20H19F2N7O2S/c1-9-5-24-29(6-9)8-14(30)26-16-15-11(12-7-28(3)27-10(12)2)4-13(18(21)22)25-20(15)32-17(16)19(23)31/h4-7,18H,8H2,1-3H3,(H2,23,31)(H,26,30). The number of amides is 2. The number of nitrogens with two attached hydrogens (primary N) is 1. The van der Waals surface area contributed by atoms with Gasteiger partial charge < -0.3 is 11.1 Å². The van der Waals surface area contributed by atoms with Crippen molar-refractivity contribution < 1.29 is 18.4 Å². The Morgan fingerprint density at radius 3 is 2.56 bits per heavy atom. The highest BCUT2D eigenvalue weighted by molar-refractivity contribution is 7.21. The molecule has 4 aromatic rings. The molecular weight excluding hydrogens is 440 g/mol. The van der Waals surface area contributed by atoms with Gasteiger partial charge in [-0.05, 0) is 31.0 Å². The van der Waals surface area contributed by atoms with E-state index in [1.165, 1.54) is 10.7 Å². The van der Waals surface area contributed by atoms with Crippen LogP contribution in [0.15, 0.2) is 24.7 Å². The maximum atomic E-state index is 13.6. The second-order valence-corrected chi connectivity index (χ2v) is 8.31. The van der Waals surface area contributed by atoms with Crippen molar-refractivity contribution in [2.75, 3.05) is 5.32 Å². The summed E-state index contributed by atoms with van der Waals surface area (Å²) in [6.45, 7) is 3.48. The summed E-state index contributed by atoms with van der Waals surface area (Å²) in [7, 11) is 1.71. The number of pyridine rings is 1. The van der Waals surface area contributed by atoms with Crippen LogP contribution >= 0.6 is 11.3 Å². The van der Waals surface area contributed by atoms with Crippen LogP contribution in [0.1, 0.15) is 33.0 Å². The molecule has 32 heavy (non-hydrogen) atoms. The number of carbonyl (C=O) groups excluding carboxylic acids is 2. The Balaban J connectivity index is 1.90. The number of aryl methyl sites for hydroxylation is 3. The van der Waals surface area contributed by atoms with Crippen LogP contribution in [0.4, 0.5) is 14.5 Å². The van der Waals surface area contributed by atoms with E-state index < -0.39 is 23.9 Å². The minimum Gasteiger partial charge on any atom is -0.365 e. The topological polar surface area (TPSA) is 121 Å². The average molecular weight is 459 g/mol. The Bertz CT molecular complexity index is 1360. The normalized spacial score (nSPS) is 11.4. The fourth-order valence-electron chi connectivity index (χ4n) is 3.48. The molecule has 0 spiro atoms.